The van der Waals surface area contributed by atoms with E-state index in [1.165, 1.54) is 11.3 Å². The Bertz CT molecular complexity index is 955. The summed E-state index contributed by atoms with van der Waals surface area (Å²) in [7, 11) is 1.60. The molecule has 0 spiro atoms. The molecule has 0 atom stereocenters. The molecule has 3 rings (SSSR count). The lowest BCUT2D eigenvalue weighted by Crippen LogP contribution is -2.28. The first kappa shape index (κ1) is 21.8. The maximum atomic E-state index is 12.7. The van der Waals surface area contributed by atoms with Gasteiger partial charge in [0, 0.05) is 23.9 Å². The van der Waals surface area contributed by atoms with Crippen molar-refractivity contribution in [3.63, 3.8) is 0 Å². The molecular formula is C23H27N3O3S. The smallest absolute Gasteiger partial charge is 0.267 e. The van der Waals surface area contributed by atoms with Crippen molar-refractivity contribution in [2.75, 3.05) is 38.7 Å². The van der Waals surface area contributed by atoms with Crippen LogP contribution < -0.4 is 14.8 Å². The molecule has 0 saturated carbocycles. The highest BCUT2D eigenvalue weighted by atomic mass is 32.1. The van der Waals surface area contributed by atoms with Crippen molar-refractivity contribution < 1.29 is 14.3 Å². The number of carbonyl (C=O) groups is 1. The van der Waals surface area contributed by atoms with Crippen LogP contribution in [0.4, 0.5) is 5.69 Å². The highest BCUT2D eigenvalue weighted by Crippen LogP contribution is 2.31. The lowest BCUT2D eigenvalue weighted by Gasteiger charge is -2.19. The molecule has 0 aliphatic rings. The zero-order valence-corrected chi connectivity index (χ0v) is 18.4. The first-order chi connectivity index (χ1) is 14.6. The number of methoxy groups -OCH3 is 1. The predicted molar refractivity (Wildman–Crippen MR) is 122 cm³/mol. The number of anilines is 1. The number of ether oxygens (including phenoxy) is 2. The Balaban J connectivity index is 1.67. The number of nitrogens with one attached hydrogen (secondary N) is 1. The molecule has 6 nitrogen and oxygen atoms in total. The Morgan fingerprint density at radius 3 is 2.57 bits per heavy atom. The first-order valence-corrected chi connectivity index (χ1v) is 10.8. The van der Waals surface area contributed by atoms with Gasteiger partial charge in [0.2, 0.25) is 0 Å². The number of aromatic nitrogens is 1. The highest BCUT2D eigenvalue weighted by Gasteiger charge is 2.14. The van der Waals surface area contributed by atoms with E-state index in [2.05, 4.69) is 29.0 Å². The third-order valence-corrected chi connectivity index (χ3v) is 5.78. The van der Waals surface area contributed by atoms with Crippen molar-refractivity contribution >= 4 is 22.9 Å². The molecule has 7 heteroatoms. The van der Waals surface area contributed by atoms with Gasteiger partial charge in [-0.2, -0.15) is 0 Å². The molecule has 0 aliphatic carbocycles. The molecule has 2 aromatic carbocycles. The number of carbonyl (C=O) groups excluding carboxylic acids is 1. The summed E-state index contributed by atoms with van der Waals surface area (Å²) >= 11 is 1.36. The molecule has 0 saturated heterocycles. The van der Waals surface area contributed by atoms with Crippen LogP contribution in [-0.4, -0.2) is 49.1 Å². The second-order valence-corrected chi connectivity index (χ2v) is 7.62. The number of hydrogen-bond donors (Lipinski definition) is 1. The van der Waals surface area contributed by atoms with E-state index in [4.69, 9.17) is 9.47 Å². The monoisotopic (exact) mass is 425 g/mol. The molecular weight excluding hydrogens is 398 g/mol. The summed E-state index contributed by atoms with van der Waals surface area (Å²) in [6.07, 6.45) is 1.60. The van der Waals surface area contributed by atoms with E-state index in [9.17, 15) is 4.79 Å². The third-order valence-electron chi connectivity index (χ3n) is 4.73. The van der Waals surface area contributed by atoms with Crippen molar-refractivity contribution in [2.45, 2.75) is 13.8 Å². The molecule has 0 radical (unpaired) electrons. The number of nitrogens with zero attached hydrogens (tertiary/aromatic N) is 2. The summed E-state index contributed by atoms with van der Waals surface area (Å²) in [6.45, 7) is 7.59. The molecule has 0 fully saturated rings. The fraction of sp³-hybridized carbons (Fsp3) is 0.304. The number of benzene rings is 2. The molecule has 158 valence electrons. The van der Waals surface area contributed by atoms with Crippen molar-refractivity contribution in [3.05, 3.63) is 59.6 Å². The van der Waals surface area contributed by atoms with Crippen LogP contribution in [0, 0.1) is 0 Å². The van der Waals surface area contributed by atoms with Gasteiger partial charge in [-0.1, -0.05) is 44.2 Å². The van der Waals surface area contributed by atoms with Gasteiger partial charge < -0.3 is 19.7 Å². The summed E-state index contributed by atoms with van der Waals surface area (Å²) in [5, 5.41) is 3.74. The second-order valence-electron chi connectivity index (χ2n) is 6.59. The summed E-state index contributed by atoms with van der Waals surface area (Å²) in [4.78, 5) is 19.9. The maximum Gasteiger partial charge on any atom is 0.267 e. The van der Waals surface area contributed by atoms with Crippen LogP contribution >= 0.6 is 11.3 Å². The van der Waals surface area contributed by atoms with E-state index in [-0.39, 0.29) is 5.91 Å². The van der Waals surface area contributed by atoms with Gasteiger partial charge in [0.15, 0.2) is 11.5 Å². The van der Waals surface area contributed by atoms with Crippen LogP contribution in [0.15, 0.2) is 54.7 Å². The topological polar surface area (TPSA) is 63.7 Å². The van der Waals surface area contributed by atoms with Crippen LogP contribution in [0.25, 0.3) is 10.6 Å². The van der Waals surface area contributed by atoms with Crippen molar-refractivity contribution in [3.8, 4) is 22.1 Å². The zero-order chi connectivity index (χ0) is 21.3. The largest absolute Gasteiger partial charge is 0.493 e. The van der Waals surface area contributed by atoms with Gasteiger partial charge in [-0.15, -0.1) is 11.3 Å². The molecule has 1 amide bonds. The third kappa shape index (κ3) is 5.58. The quantitative estimate of drug-likeness (QED) is 0.506. The van der Waals surface area contributed by atoms with Crippen LogP contribution in [0.2, 0.25) is 0 Å². The number of amides is 1. The highest BCUT2D eigenvalue weighted by molar-refractivity contribution is 7.17. The van der Waals surface area contributed by atoms with Gasteiger partial charge in [0.25, 0.3) is 5.91 Å². The van der Waals surface area contributed by atoms with Crippen LogP contribution in [0.5, 0.6) is 11.5 Å². The van der Waals surface area contributed by atoms with E-state index in [0.29, 0.717) is 28.7 Å². The minimum absolute atomic E-state index is 0.200. The lowest BCUT2D eigenvalue weighted by atomic mass is 10.2. The Hall–Kier alpha value is -2.90. The minimum atomic E-state index is -0.200. The second kappa shape index (κ2) is 10.8. The van der Waals surface area contributed by atoms with Crippen molar-refractivity contribution in [1.82, 2.24) is 9.88 Å². The molecule has 0 aliphatic heterocycles. The fourth-order valence-corrected chi connectivity index (χ4v) is 3.79. The van der Waals surface area contributed by atoms with E-state index >= 15 is 0 Å². The average molecular weight is 426 g/mol. The van der Waals surface area contributed by atoms with Gasteiger partial charge in [0.05, 0.1) is 13.3 Å². The van der Waals surface area contributed by atoms with E-state index < -0.39 is 0 Å². The molecule has 1 N–H and O–H groups in total. The van der Waals surface area contributed by atoms with Gasteiger partial charge in [-0.3, -0.25) is 4.79 Å². The van der Waals surface area contributed by atoms with E-state index in [0.717, 1.165) is 30.2 Å². The van der Waals surface area contributed by atoms with Crippen molar-refractivity contribution in [2.24, 2.45) is 0 Å². The SMILES string of the molecule is CCN(CC)CCOc1cc(NC(=O)c2cnc(-c3ccccc3)s2)ccc1OC. The van der Waals surface area contributed by atoms with E-state index in [1.807, 2.05) is 30.3 Å². The Morgan fingerprint density at radius 1 is 1.10 bits per heavy atom. The number of rotatable bonds is 10. The number of thiazole rings is 1. The molecule has 30 heavy (non-hydrogen) atoms. The first-order valence-electron chi connectivity index (χ1n) is 10.00. The summed E-state index contributed by atoms with van der Waals surface area (Å²) < 4.78 is 11.3. The molecule has 0 unspecified atom stereocenters. The molecule has 3 aromatic rings. The van der Waals surface area contributed by atoms with Gasteiger partial charge in [-0.25, -0.2) is 4.98 Å². The lowest BCUT2D eigenvalue weighted by molar-refractivity contribution is 0.103. The molecule has 1 heterocycles. The summed E-state index contributed by atoms with van der Waals surface area (Å²) in [5.74, 6) is 1.04. The molecule has 0 bridgehead atoms. The van der Waals surface area contributed by atoms with Crippen LogP contribution in [0.3, 0.4) is 0 Å². The van der Waals surface area contributed by atoms with Gasteiger partial charge >= 0.3 is 0 Å². The molecule has 1 aromatic heterocycles. The minimum Gasteiger partial charge on any atom is -0.493 e. The maximum absolute atomic E-state index is 12.7. The predicted octanol–water partition coefficient (Wildman–Crippen LogP) is 4.79. The van der Waals surface area contributed by atoms with E-state index in [1.54, 1.807) is 31.5 Å². The number of hydrogen-bond acceptors (Lipinski definition) is 6. The van der Waals surface area contributed by atoms with Crippen LogP contribution in [-0.2, 0) is 0 Å². The Kier molecular flexibility index (Phi) is 7.82. The van der Waals surface area contributed by atoms with Crippen molar-refractivity contribution in [1.29, 1.82) is 0 Å². The Morgan fingerprint density at radius 2 is 1.87 bits per heavy atom. The van der Waals surface area contributed by atoms with Crippen LogP contribution in [0.1, 0.15) is 23.5 Å². The van der Waals surface area contributed by atoms with Gasteiger partial charge in [-0.05, 0) is 25.2 Å². The average Bonchev–Trinajstić information content (AvgIpc) is 3.28. The zero-order valence-electron chi connectivity index (χ0n) is 17.6. The standard InChI is InChI=1S/C23H27N3O3S/c1-4-26(5-2)13-14-29-20-15-18(11-12-19(20)28-3)25-22(27)21-16-24-23(30-21)17-9-7-6-8-10-17/h6-12,15-16H,4-5,13-14H2,1-3H3,(H,25,27). The normalized spacial score (nSPS) is 10.8. The number of likely N-dealkylation sites (N-methyl/N-ethyl adjacent to an activating group) is 1. The Labute approximate surface area is 181 Å². The summed E-state index contributed by atoms with van der Waals surface area (Å²) in [5.41, 5.74) is 1.64. The van der Waals surface area contributed by atoms with Gasteiger partial charge in [0.1, 0.15) is 16.5 Å². The summed E-state index contributed by atoms with van der Waals surface area (Å²) in [6, 6.07) is 15.2. The fourth-order valence-electron chi connectivity index (χ4n) is 2.98.